The van der Waals surface area contributed by atoms with Crippen molar-refractivity contribution in [1.82, 2.24) is 10.2 Å². The number of aromatic nitrogens is 2. The third kappa shape index (κ3) is 4.56. The Bertz CT molecular complexity index is 954. The highest BCUT2D eigenvalue weighted by Gasteiger charge is 2.10. The van der Waals surface area contributed by atoms with Crippen molar-refractivity contribution in [3.63, 3.8) is 0 Å². The van der Waals surface area contributed by atoms with Gasteiger partial charge in [-0.15, -0.1) is 10.2 Å². The van der Waals surface area contributed by atoms with Crippen LogP contribution in [0.4, 0.5) is 22.9 Å². The monoisotopic (exact) mass is 377 g/mol. The van der Waals surface area contributed by atoms with E-state index in [0.717, 1.165) is 16.9 Å². The molecule has 0 aliphatic rings. The molecule has 0 saturated heterocycles. The largest absolute Gasteiger partial charge is 0.495 e. The number of aryl methyl sites for hydroxylation is 1. The van der Waals surface area contributed by atoms with Crippen molar-refractivity contribution in [2.75, 3.05) is 36.7 Å². The summed E-state index contributed by atoms with van der Waals surface area (Å²) in [7, 11) is 5.54. The second kappa shape index (κ2) is 8.39. The molecule has 0 spiro atoms. The van der Waals surface area contributed by atoms with Gasteiger partial charge in [0.15, 0.2) is 11.5 Å². The van der Waals surface area contributed by atoms with Crippen LogP contribution in [0, 0.1) is 6.92 Å². The highest BCUT2D eigenvalue weighted by Crippen LogP contribution is 2.27. The number of nitrogens with one attached hydrogen (secondary N) is 2. The summed E-state index contributed by atoms with van der Waals surface area (Å²) in [6, 6.07) is 16.7. The summed E-state index contributed by atoms with van der Waals surface area (Å²) in [4.78, 5) is 14.4. The molecule has 2 N–H and O–H groups in total. The van der Waals surface area contributed by atoms with E-state index in [4.69, 9.17) is 4.74 Å². The highest BCUT2D eigenvalue weighted by atomic mass is 16.5. The Balaban J connectivity index is 1.68. The predicted octanol–water partition coefficient (Wildman–Crippen LogP) is 3.86. The van der Waals surface area contributed by atoms with Crippen molar-refractivity contribution in [2.45, 2.75) is 6.92 Å². The number of nitrogens with zero attached hydrogens (tertiary/aromatic N) is 3. The molecule has 3 rings (SSSR count). The van der Waals surface area contributed by atoms with E-state index >= 15 is 0 Å². The fourth-order valence-electron chi connectivity index (χ4n) is 2.62. The topological polar surface area (TPSA) is 79.4 Å². The van der Waals surface area contributed by atoms with Crippen LogP contribution in [0.3, 0.4) is 0 Å². The Morgan fingerprint density at radius 3 is 2.36 bits per heavy atom. The Hall–Kier alpha value is -3.61. The minimum absolute atomic E-state index is 0.235. The molecule has 28 heavy (non-hydrogen) atoms. The second-order valence-corrected chi connectivity index (χ2v) is 6.53. The summed E-state index contributed by atoms with van der Waals surface area (Å²) in [5.41, 5.74) is 3.87. The van der Waals surface area contributed by atoms with Gasteiger partial charge in [0.25, 0.3) is 5.91 Å². The molecule has 0 atom stereocenters. The minimum Gasteiger partial charge on any atom is -0.495 e. The Morgan fingerprint density at radius 1 is 1.00 bits per heavy atom. The Kier molecular flexibility index (Phi) is 5.74. The first-order chi connectivity index (χ1) is 13.5. The van der Waals surface area contributed by atoms with Gasteiger partial charge >= 0.3 is 0 Å². The molecule has 0 saturated carbocycles. The standard InChI is InChI=1S/C21H23N5O2/c1-14-5-11-19(28-4)18(13-14)23-20-12-10-17(24-25-20)21(27)22-15-6-8-16(9-7-15)26(2)3/h5-13H,1-4H3,(H,22,27)(H,23,25). The summed E-state index contributed by atoms with van der Waals surface area (Å²) >= 11 is 0. The molecule has 0 radical (unpaired) electrons. The molecule has 1 amide bonds. The van der Waals surface area contributed by atoms with Crippen LogP contribution in [0.2, 0.25) is 0 Å². The van der Waals surface area contributed by atoms with Gasteiger partial charge in [0.2, 0.25) is 0 Å². The molecule has 1 aromatic heterocycles. The van der Waals surface area contributed by atoms with E-state index in [2.05, 4.69) is 20.8 Å². The van der Waals surface area contributed by atoms with Crippen LogP contribution in [-0.2, 0) is 0 Å². The van der Waals surface area contributed by atoms with E-state index in [9.17, 15) is 4.79 Å². The van der Waals surface area contributed by atoms with Crippen LogP contribution in [0.5, 0.6) is 5.75 Å². The molecular formula is C21H23N5O2. The molecule has 2 aromatic carbocycles. The molecule has 0 fully saturated rings. The van der Waals surface area contributed by atoms with Crippen molar-refractivity contribution in [2.24, 2.45) is 0 Å². The predicted molar refractivity (Wildman–Crippen MR) is 112 cm³/mol. The van der Waals surface area contributed by atoms with Crippen molar-refractivity contribution in [3.8, 4) is 5.75 Å². The van der Waals surface area contributed by atoms with Gasteiger partial charge in [-0.3, -0.25) is 4.79 Å². The first-order valence-electron chi connectivity index (χ1n) is 8.80. The van der Waals surface area contributed by atoms with Gasteiger partial charge in [-0.05, 0) is 61.0 Å². The summed E-state index contributed by atoms with van der Waals surface area (Å²) < 4.78 is 5.35. The number of carbonyl (C=O) groups excluding carboxylic acids is 1. The van der Waals surface area contributed by atoms with Crippen LogP contribution in [0.15, 0.2) is 54.6 Å². The maximum absolute atomic E-state index is 12.4. The lowest BCUT2D eigenvalue weighted by atomic mass is 10.2. The number of hydrogen-bond donors (Lipinski definition) is 2. The van der Waals surface area contributed by atoms with E-state index < -0.39 is 0 Å². The number of hydrogen-bond acceptors (Lipinski definition) is 6. The van der Waals surface area contributed by atoms with Crippen molar-refractivity contribution < 1.29 is 9.53 Å². The quantitative estimate of drug-likeness (QED) is 0.679. The summed E-state index contributed by atoms with van der Waals surface area (Å²) in [6.07, 6.45) is 0. The van der Waals surface area contributed by atoms with Gasteiger partial charge in [0.05, 0.1) is 12.8 Å². The molecule has 0 aliphatic heterocycles. The van der Waals surface area contributed by atoms with Gasteiger partial charge in [-0.1, -0.05) is 6.07 Å². The van der Waals surface area contributed by atoms with Gasteiger partial charge in [0, 0.05) is 25.5 Å². The first-order valence-corrected chi connectivity index (χ1v) is 8.80. The third-order valence-corrected chi connectivity index (χ3v) is 4.16. The molecule has 0 aliphatic carbocycles. The lowest BCUT2D eigenvalue weighted by Crippen LogP contribution is -2.15. The molecule has 144 valence electrons. The molecule has 1 heterocycles. The number of amides is 1. The lowest BCUT2D eigenvalue weighted by Gasteiger charge is -2.13. The normalized spacial score (nSPS) is 10.3. The minimum atomic E-state index is -0.315. The summed E-state index contributed by atoms with van der Waals surface area (Å²) in [6.45, 7) is 1.99. The van der Waals surface area contributed by atoms with Crippen LogP contribution < -0.4 is 20.3 Å². The van der Waals surface area contributed by atoms with Crippen molar-refractivity contribution in [1.29, 1.82) is 0 Å². The number of carbonyl (C=O) groups is 1. The fourth-order valence-corrected chi connectivity index (χ4v) is 2.62. The second-order valence-electron chi connectivity index (χ2n) is 6.53. The average molecular weight is 377 g/mol. The summed E-state index contributed by atoms with van der Waals surface area (Å²) in [5, 5.41) is 14.1. The number of rotatable bonds is 6. The molecular weight excluding hydrogens is 354 g/mol. The number of anilines is 4. The van der Waals surface area contributed by atoms with Crippen LogP contribution in [-0.4, -0.2) is 37.3 Å². The number of methoxy groups -OCH3 is 1. The first kappa shape index (κ1) is 19.2. The molecule has 7 nitrogen and oxygen atoms in total. The van der Waals surface area contributed by atoms with Gasteiger partial charge in [-0.25, -0.2) is 0 Å². The Morgan fingerprint density at radius 2 is 1.75 bits per heavy atom. The zero-order chi connectivity index (χ0) is 20.1. The fraction of sp³-hybridized carbons (Fsp3) is 0.190. The average Bonchev–Trinajstić information content (AvgIpc) is 2.69. The number of ether oxygens (including phenoxy) is 1. The van der Waals surface area contributed by atoms with E-state index in [1.807, 2.05) is 68.4 Å². The maximum atomic E-state index is 12.4. The van der Waals surface area contributed by atoms with Gasteiger partial charge in [0.1, 0.15) is 5.75 Å². The smallest absolute Gasteiger partial charge is 0.276 e. The van der Waals surface area contributed by atoms with Crippen molar-refractivity contribution in [3.05, 3.63) is 65.9 Å². The van der Waals surface area contributed by atoms with Crippen molar-refractivity contribution >= 4 is 28.8 Å². The van der Waals surface area contributed by atoms with Crippen LogP contribution >= 0.6 is 0 Å². The van der Waals surface area contributed by atoms with Crippen LogP contribution in [0.1, 0.15) is 16.1 Å². The lowest BCUT2D eigenvalue weighted by molar-refractivity contribution is 0.102. The third-order valence-electron chi connectivity index (χ3n) is 4.16. The van der Waals surface area contributed by atoms with Gasteiger partial charge < -0.3 is 20.3 Å². The van der Waals surface area contributed by atoms with E-state index in [0.29, 0.717) is 17.3 Å². The SMILES string of the molecule is COc1ccc(C)cc1Nc1ccc(C(=O)Nc2ccc(N(C)C)cc2)nn1. The van der Waals surface area contributed by atoms with Gasteiger partial charge in [-0.2, -0.15) is 0 Å². The molecule has 7 heteroatoms. The van der Waals surface area contributed by atoms with E-state index in [1.54, 1.807) is 19.2 Å². The molecule has 0 bridgehead atoms. The van der Waals surface area contributed by atoms with E-state index in [1.165, 1.54) is 0 Å². The van der Waals surface area contributed by atoms with E-state index in [-0.39, 0.29) is 11.6 Å². The zero-order valence-corrected chi connectivity index (χ0v) is 16.4. The zero-order valence-electron chi connectivity index (χ0n) is 16.4. The molecule has 3 aromatic rings. The number of benzene rings is 2. The summed E-state index contributed by atoms with van der Waals surface area (Å²) in [5.74, 6) is 0.913. The maximum Gasteiger partial charge on any atom is 0.276 e. The van der Waals surface area contributed by atoms with Crippen LogP contribution in [0.25, 0.3) is 0 Å². The highest BCUT2D eigenvalue weighted by molar-refractivity contribution is 6.02. The Labute approximate surface area is 164 Å². The molecule has 0 unspecified atom stereocenters.